The number of aromatic nitrogens is 2. The number of aryl methyl sites for hydroxylation is 1. The first kappa shape index (κ1) is 26.4. The van der Waals surface area contributed by atoms with Crippen molar-refractivity contribution in [3.8, 4) is 0 Å². The molecule has 192 valence electrons. The number of carbonyl (C=O) groups excluding carboxylic acids is 1. The van der Waals surface area contributed by atoms with Gasteiger partial charge in [0.25, 0.3) is 5.91 Å². The van der Waals surface area contributed by atoms with E-state index in [4.69, 9.17) is 16.7 Å². The maximum absolute atomic E-state index is 14.7. The fourth-order valence-electron chi connectivity index (χ4n) is 4.83. The highest BCUT2D eigenvalue weighted by Gasteiger charge is 2.30. The Labute approximate surface area is 219 Å². The molecule has 0 spiro atoms. The van der Waals surface area contributed by atoms with Crippen LogP contribution in [0, 0.1) is 12.7 Å². The van der Waals surface area contributed by atoms with Crippen molar-refractivity contribution in [1.29, 1.82) is 0 Å². The molecule has 3 N–H and O–H groups in total. The lowest BCUT2D eigenvalue weighted by Gasteiger charge is -2.27. The van der Waals surface area contributed by atoms with Gasteiger partial charge in [-0.25, -0.2) is 4.39 Å². The van der Waals surface area contributed by atoms with Crippen molar-refractivity contribution in [3.63, 3.8) is 0 Å². The molecule has 0 aliphatic heterocycles. The topological polar surface area (TPSA) is 95.1 Å². The van der Waals surface area contributed by atoms with Crippen LogP contribution < -0.4 is 5.32 Å². The van der Waals surface area contributed by atoms with Crippen LogP contribution >= 0.6 is 11.6 Å². The van der Waals surface area contributed by atoms with Crippen molar-refractivity contribution >= 4 is 34.4 Å². The average Bonchev–Trinajstić information content (AvgIpc) is 3.28. The molecule has 1 aromatic heterocycles. The van der Waals surface area contributed by atoms with Gasteiger partial charge in [0.1, 0.15) is 11.3 Å². The van der Waals surface area contributed by atoms with E-state index in [1.54, 1.807) is 12.1 Å². The zero-order valence-corrected chi connectivity index (χ0v) is 21.5. The third-order valence-electron chi connectivity index (χ3n) is 6.55. The molecule has 0 aliphatic rings. The van der Waals surface area contributed by atoms with Gasteiger partial charge in [-0.2, -0.15) is 5.10 Å². The molecule has 0 saturated carbocycles. The summed E-state index contributed by atoms with van der Waals surface area (Å²) in [6.07, 6.45) is 1.60. The second-order valence-electron chi connectivity index (χ2n) is 9.22. The van der Waals surface area contributed by atoms with Crippen molar-refractivity contribution in [2.75, 3.05) is 6.54 Å². The van der Waals surface area contributed by atoms with E-state index in [2.05, 4.69) is 22.4 Å². The number of nitrogens with zero attached hydrogens (tertiary/aromatic N) is 1. The van der Waals surface area contributed by atoms with Crippen molar-refractivity contribution in [1.82, 2.24) is 15.5 Å². The number of hydrogen-bond acceptors (Lipinski definition) is 3. The van der Waals surface area contributed by atoms with E-state index >= 15 is 0 Å². The number of nitrogens with one attached hydrogen (secondary N) is 2. The second kappa shape index (κ2) is 11.6. The Morgan fingerprint density at radius 2 is 1.76 bits per heavy atom. The number of amides is 1. The highest BCUT2D eigenvalue weighted by atomic mass is 35.5. The lowest BCUT2D eigenvalue weighted by Crippen LogP contribution is -2.26. The number of carboxylic acids is 1. The Balaban J connectivity index is 1.76. The Morgan fingerprint density at radius 1 is 1.08 bits per heavy atom. The maximum Gasteiger partial charge on any atom is 0.305 e. The lowest BCUT2D eigenvalue weighted by atomic mass is 9.76. The summed E-state index contributed by atoms with van der Waals surface area (Å²) in [5, 5.41) is 20.3. The molecule has 3 aromatic carbocycles. The Bertz CT molecular complexity index is 1400. The van der Waals surface area contributed by atoms with Gasteiger partial charge in [-0.15, -0.1) is 0 Å². The number of carbonyl (C=O) groups is 2. The molecule has 4 rings (SSSR count). The molecule has 0 saturated heterocycles. The van der Waals surface area contributed by atoms with E-state index in [0.717, 1.165) is 40.6 Å². The number of rotatable bonds is 10. The number of carboxylic acid groups (broad SMARTS) is 1. The standard InChI is InChI=1S/C29H29ClFN3O3/c1-3-4-22(18-5-7-20(8-6-18)29(37)32-14-13-25(35)36)26(19-9-11-21(30)12-10-19)28-23-15-17(2)16-24(31)27(23)33-34-28/h5-12,15-16,22,26H,3-4,13-14H2,1-2H3,(H,32,37)(H,33,34)(H,35,36)/t22-,26+/m1/s1. The molecule has 37 heavy (non-hydrogen) atoms. The van der Waals surface area contributed by atoms with Crippen LogP contribution in [0.3, 0.4) is 0 Å². The quantitative estimate of drug-likeness (QED) is 0.219. The second-order valence-corrected chi connectivity index (χ2v) is 9.66. The molecular formula is C29H29ClFN3O3. The molecule has 0 aliphatic carbocycles. The number of benzene rings is 3. The molecule has 0 unspecified atom stereocenters. The van der Waals surface area contributed by atoms with E-state index in [1.807, 2.05) is 49.4 Å². The van der Waals surface area contributed by atoms with Crippen molar-refractivity contribution in [3.05, 3.63) is 99.5 Å². The van der Waals surface area contributed by atoms with Crippen LogP contribution in [0.1, 0.15) is 70.8 Å². The largest absolute Gasteiger partial charge is 0.481 e. The first-order valence-corrected chi connectivity index (χ1v) is 12.7. The van der Waals surface area contributed by atoms with Gasteiger partial charge in [0, 0.05) is 28.4 Å². The predicted molar refractivity (Wildman–Crippen MR) is 143 cm³/mol. The third-order valence-corrected chi connectivity index (χ3v) is 6.80. The van der Waals surface area contributed by atoms with Gasteiger partial charge in [-0.3, -0.25) is 14.7 Å². The monoisotopic (exact) mass is 521 g/mol. The van der Waals surface area contributed by atoms with Crippen LogP contribution in [0.4, 0.5) is 4.39 Å². The number of aliphatic carboxylic acids is 1. The Hall–Kier alpha value is -3.71. The lowest BCUT2D eigenvalue weighted by molar-refractivity contribution is -0.136. The smallest absolute Gasteiger partial charge is 0.305 e. The normalized spacial score (nSPS) is 12.9. The highest BCUT2D eigenvalue weighted by Crippen LogP contribution is 2.43. The maximum atomic E-state index is 14.7. The Morgan fingerprint density at radius 3 is 2.41 bits per heavy atom. The molecule has 8 heteroatoms. The molecule has 6 nitrogen and oxygen atoms in total. The summed E-state index contributed by atoms with van der Waals surface area (Å²) in [6.45, 7) is 4.04. The third kappa shape index (κ3) is 6.00. The first-order chi connectivity index (χ1) is 17.8. The van der Waals surface area contributed by atoms with E-state index in [1.165, 1.54) is 6.07 Å². The van der Waals surface area contributed by atoms with Crippen LogP contribution in [0.5, 0.6) is 0 Å². The summed E-state index contributed by atoms with van der Waals surface area (Å²) < 4.78 is 14.7. The van der Waals surface area contributed by atoms with Crippen LogP contribution in [0.25, 0.3) is 10.9 Å². The molecule has 4 aromatic rings. The summed E-state index contributed by atoms with van der Waals surface area (Å²) in [4.78, 5) is 23.2. The summed E-state index contributed by atoms with van der Waals surface area (Å²) in [6, 6.07) is 18.4. The number of fused-ring (bicyclic) bond motifs is 1. The Kier molecular flexibility index (Phi) is 8.24. The van der Waals surface area contributed by atoms with Crippen LogP contribution in [-0.2, 0) is 4.79 Å². The van der Waals surface area contributed by atoms with Crippen molar-refractivity contribution in [2.45, 2.75) is 44.9 Å². The molecule has 0 bridgehead atoms. The fourth-order valence-corrected chi connectivity index (χ4v) is 4.95. The number of hydrogen-bond donors (Lipinski definition) is 3. The highest BCUT2D eigenvalue weighted by molar-refractivity contribution is 6.30. The minimum absolute atomic E-state index is 0.00892. The molecule has 1 heterocycles. The van der Waals surface area contributed by atoms with E-state index in [0.29, 0.717) is 16.1 Å². The van der Waals surface area contributed by atoms with Gasteiger partial charge < -0.3 is 10.4 Å². The summed E-state index contributed by atoms with van der Waals surface area (Å²) >= 11 is 6.19. The number of H-pyrrole nitrogens is 1. The SMILES string of the molecule is CCC[C@H](c1ccc(C(=O)NCCC(=O)O)cc1)[C@H](c1ccc(Cl)cc1)c1n[nH]c2c(F)cc(C)cc12. The van der Waals surface area contributed by atoms with Crippen LogP contribution in [0.15, 0.2) is 60.7 Å². The predicted octanol–water partition coefficient (Wildman–Crippen LogP) is 6.58. The minimum atomic E-state index is -0.965. The van der Waals surface area contributed by atoms with Gasteiger partial charge in [0.15, 0.2) is 0 Å². The van der Waals surface area contributed by atoms with Gasteiger partial charge in [-0.1, -0.05) is 49.2 Å². The molecular weight excluding hydrogens is 493 g/mol. The van der Waals surface area contributed by atoms with Gasteiger partial charge in [0.05, 0.1) is 12.1 Å². The summed E-state index contributed by atoms with van der Waals surface area (Å²) in [7, 11) is 0. The minimum Gasteiger partial charge on any atom is -0.481 e. The summed E-state index contributed by atoms with van der Waals surface area (Å²) in [5.74, 6) is -1.83. The van der Waals surface area contributed by atoms with Crippen LogP contribution in [0.2, 0.25) is 5.02 Å². The average molecular weight is 522 g/mol. The fraction of sp³-hybridized carbons (Fsp3) is 0.276. The zero-order chi connectivity index (χ0) is 26.5. The zero-order valence-electron chi connectivity index (χ0n) is 20.7. The van der Waals surface area contributed by atoms with Crippen molar-refractivity contribution in [2.24, 2.45) is 0 Å². The molecule has 2 atom stereocenters. The van der Waals surface area contributed by atoms with E-state index in [9.17, 15) is 14.0 Å². The van der Waals surface area contributed by atoms with Crippen LogP contribution in [-0.4, -0.2) is 33.7 Å². The number of aromatic amines is 1. The molecule has 1 amide bonds. The van der Waals surface area contributed by atoms with Gasteiger partial charge in [0.2, 0.25) is 0 Å². The van der Waals surface area contributed by atoms with Gasteiger partial charge >= 0.3 is 5.97 Å². The van der Waals surface area contributed by atoms with E-state index < -0.39 is 5.97 Å². The summed E-state index contributed by atoms with van der Waals surface area (Å²) in [5.41, 5.74) is 4.43. The van der Waals surface area contributed by atoms with Gasteiger partial charge in [-0.05, 0) is 72.4 Å². The van der Waals surface area contributed by atoms with E-state index in [-0.39, 0.29) is 36.5 Å². The van der Waals surface area contributed by atoms with Crippen molar-refractivity contribution < 1.29 is 19.1 Å². The molecule has 0 fully saturated rings. The molecule has 0 radical (unpaired) electrons. The number of halogens is 2. The first-order valence-electron chi connectivity index (χ1n) is 12.3.